The number of aliphatic hydroxyl groups excluding tert-OH is 1. The quantitative estimate of drug-likeness (QED) is 0.798. The van der Waals surface area contributed by atoms with Gasteiger partial charge in [0, 0.05) is 49.0 Å². The van der Waals surface area contributed by atoms with E-state index in [0.717, 1.165) is 25.1 Å². The number of ether oxygens (including phenoxy) is 1. The molecule has 0 aromatic heterocycles. The van der Waals surface area contributed by atoms with E-state index >= 15 is 0 Å². The third-order valence-corrected chi connectivity index (χ3v) is 7.77. The van der Waals surface area contributed by atoms with Crippen molar-refractivity contribution in [3.8, 4) is 0 Å². The number of rotatable bonds is 5. The van der Waals surface area contributed by atoms with Crippen LogP contribution in [0.3, 0.4) is 0 Å². The van der Waals surface area contributed by atoms with E-state index in [9.17, 15) is 13.5 Å². The van der Waals surface area contributed by atoms with Crippen LogP contribution >= 0.6 is 11.8 Å². The fourth-order valence-electron chi connectivity index (χ4n) is 2.92. The predicted molar refractivity (Wildman–Crippen MR) is 81.7 cm³/mol. The van der Waals surface area contributed by atoms with Crippen LogP contribution in [0.4, 0.5) is 0 Å². The second-order valence-electron chi connectivity index (χ2n) is 5.72. The molecular formula is C13H25NO4S2. The molecule has 0 saturated carbocycles. The molecule has 0 radical (unpaired) electrons. The van der Waals surface area contributed by atoms with Crippen LogP contribution in [0, 0.1) is 5.41 Å². The van der Waals surface area contributed by atoms with Crippen molar-refractivity contribution in [2.24, 2.45) is 5.41 Å². The molecule has 7 heteroatoms. The Balaban J connectivity index is 2.11. The molecule has 0 aliphatic carbocycles. The Morgan fingerprint density at radius 3 is 2.70 bits per heavy atom. The first-order valence-electron chi connectivity index (χ1n) is 7.25. The van der Waals surface area contributed by atoms with Crippen LogP contribution in [0.25, 0.3) is 0 Å². The van der Waals surface area contributed by atoms with Gasteiger partial charge in [-0.1, -0.05) is 6.92 Å². The van der Waals surface area contributed by atoms with Gasteiger partial charge in [0.2, 0.25) is 0 Å². The summed E-state index contributed by atoms with van der Waals surface area (Å²) in [5.74, 6) is 1.80. The molecule has 2 fully saturated rings. The van der Waals surface area contributed by atoms with E-state index in [2.05, 4.69) is 4.90 Å². The zero-order chi connectivity index (χ0) is 14.6. The molecule has 2 saturated heterocycles. The number of sulfone groups is 1. The highest BCUT2D eigenvalue weighted by Gasteiger charge is 2.40. The number of thioether (sulfide) groups is 1. The Bertz CT molecular complexity index is 407. The van der Waals surface area contributed by atoms with Crippen LogP contribution in [0.15, 0.2) is 0 Å². The van der Waals surface area contributed by atoms with Crippen molar-refractivity contribution >= 4 is 21.6 Å². The minimum Gasteiger partial charge on any atom is -0.396 e. The molecule has 0 amide bonds. The molecule has 2 aliphatic rings. The molecule has 0 spiro atoms. The number of hydrogen-bond donors (Lipinski definition) is 1. The molecule has 2 heterocycles. The zero-order valence-electron chi connectivity index (χ0n) is 12.1. The van der Waals surface area contributed by atoms with Crippen molar-refractivity contribution < 1.29 is 18.3 Å². The van der Waals surface area contributed by atoms with E-state index in [0.29, 0.717) is 25.5 Å². The highest BCUT2D eigenvalue weighted by atomic mass is 32.2. The van der Waals surface area contributed by atoms with E-state index in [4.69, 9.17) is 4.74 Å². The lowest BCUT2D eigenvalue weighted by Crippen LogP contribution is -2.53. The van der Waals surface area contributed by atoms with Gasteiger partial charge in [-0.25, -0.2) is 8.42 Å². The SMILES string of the molecule is CCS(=O)(=O)C1CSCCN1CC1(CO)CCOCC1. The maximum Gasteiger partial charge on any atom is 0.166 e. The average molecular weight is 323 g/mol. The van der Waals surface area contributed by atoms with Crippen molar-refractivity contribution in [2.45, 2.75) is 25.1 Å². The van der Waals surface area contributed by atoms with Crippen LogP contribution in [0.1, 0.15) is 19.8 Å². The van der Waals surface area contributed by atoms with Gasteiger partial charge in [-0.15, -0.1) is 0 Å². The lowest BCUT2D eigenvalue weighted by molar-refractivity contribution is -0.0349. The molecule has 1 N–H and O–H groups in total. The van der Waals surface area contributed by atoms with Gasteiger partial charge in [0.05, 0.1) is 6.61 Å². The summed E-state index contributed by atoms with van der Waals surface area (Å²) in [7, 11) is -3.06. The van der Waals surface area contributed by atoms with E-state index in [-0.39, 0.29) is 17.8 Å². The van der Waals surface area contributed by atoms with Crippen LogP contribution < -0.4 is 0 Å². The standard InChI is InChI=1S/C13H25NO4S2/c1-2-20(16,17)12-9-19-8-5-14(12)10-13(11-15)3-6-18-7-4-13/h12,15H,2-11H2,1H3. The predicted octanol–water partition coefficient (Wildman–Crippen LogP) is 0.585. The van der Waals surface area contributed by atoms with Gasteiger partial charge in [-0.05, 0) is 12.8 Å². The Kier molecular flexibility index (Phi) is 5.76. The van der Waals surface area contributed by atoms with Crippen molar-refractivity contribution in [3.05, 3.63) is 0 Å². The molecule has 0 aromatic carbocycles. The van der Waals surface area contributed by atoms with E-state index in [1.54, 1.807) is 18.7 Å². The number of nitrogens with zero attached hydrogens (tertiary/aromatic N) is 1. The summed E-state index contributed by atoms with van der Waals surface area (Å²) in [4.78, 5) is 2.08. The Labute approximate surface area is 126 Å². The zero-order valence-corrected chi connectivity index (χ0v) is 13.7. The van der Waals surface area contributed by atoms with Gasteiger partial charge in [-0.2, -0.15) is 11.8 Å². The lowest BCUT2D eigenvalue weighted by atomic mass is 9.80. The molecule has 118 valence electrons. The van der Waals surface area contributed by atoms with Crippen molar-refractivity contribution in [3.63, 3.8) is 0 Å². The first-order chi connectivity index (χ1) is 9.53. The average Bonchev–Trinajstić information content (AvgIpc) is 2.48. The number of hydrogen-bond acceptors (Lipinski definition) is 6. The lowest BCUT2D eigenvalue weighted by Gasteiger charge is -2.43. The Hall–Kier alpha value is 0.180. The summed E-state index contributed by atoms with van der Waals surface area (Å²) in [5.41, 5.74) is -0.193. The third kappa shape index (κ3) is 3.68. The Morgan fingerprint density at radius 1 is 1.40 bits per heavy atom. The first kappa shape index (κ1) is 16.5. The van der Waals surface area contributed by atoms with Gasteiger partial charge >= 0.3 is 0 Å². The molecule has 2 aliphatic heterocycles. The van der Waals surface area contributed by atoms with Crippen molar-refractivity contribution in [2.75, 3.05) is 50.2 Å². The molecule has 1 atom stereocenters. The molecule has 0 bridgehead atoms. The molecule has 2 rings (SSSR count). The maximum atomic E-state index is 12.3. The van der Waals surface area contributed by atoms with Gasteiger partial charge in [0.15, 0.2) is 9.84 Å². The van der Waals surface area contributed by atoms with Gasteiger partial charge in [-0.3, -0.25) is 4.90 Å². The Morgan fingerprint density at radius 2 is 2.10 bits per heavy atom. The van der Waals surface area contributed by atoms with Crippen molar-refractivity contribution in [1.82, 2.24) is 4.90 Å². The number of aliphatic hydroxyl groups is 1. The third-order valence-electron chi connectivity index (χ3n) is 4.43. The molecule has 1 unspecified atom stereocenters. The molecular weight excluding hydrogens is 298 g/mol. The van der Waals surface area contributed by atoms with Crippen molar-refractivity contribution in [1.29, 1.82) is 0 Å². The summed E-state index contributed by atoms with van der Waals surface area (Å²) in [6.45, 7) is 4.60. The fraction of sp³-hybridized carbons (Fsp3) is 1.00. The summed E-state index contributed by atoms with van der Waals surface area (Å²) in [5, 5.41) is 9.39. The van der Waals surface area contributed by atoms with E-state index < -0.39 is 15.2 Å². The van der Waals surface area contributed by atoms with Gasteiger partial charge < -0.3 is 9.84 Å². The second-order valence-corrected chi connectivity index (χ2v) is 9.32. The highest BCUT2D eigenvalue weighted by molar-refractivity contribution is 8.01. The normalized spacial score (nSPS) is 28.4. The molecule has 20 heavy (non-hydrogen) atoms. The minimum absolute atomic E-state index is 0.110. The van der Waals surface area contributed by atoms with E-state index in [1.165, 1.54) is 0 Å². The maximum absolute atomic E-state index is 12.3. The van der Waals surface area contributed by atoms with Crippen LogP contribution in [0.2, 0.25) is 0 Å². The van der Waals surface area contributed by atoms with Crippen LogP contribution in [-0.2, 0) is 14.6 Å². The van der Waals surface area contributed by atoms with Gasteiger partial charge in [0.1, 0.15) is 5.37 Å². The summed E-state index contributed by atoms with van der Waals surface area (Å²) < 4.78 is 29.9. The highest BCUT2D eigenvalue weighted by Crippen LogP contribution is 2.33. The molecule has 0 aromatic rings. The minimum atomic E-state index is -3.06. The fourth-order valence-corrected chi connectivity index (χ4v) is 6.00. The smallest absolute Gasteiger partial charge is 0.166 e. The topological polar surface area (TPSA) is 66.8 Å². The largest absolute Gasteiger partial charge is 0.396 e. The van der Waals surface area contributed by atoms with E-state index in [1.807, 2.05) is 0 Å². The van der Waals surface area contributed by atoms with Gasteiger partial charge in [0.25, 0.3) is 0 Å². The first-order valence-corrected chi connectivity index (χ1v) is 10.1. The summed E-state index contributed by atoms with van der Waals surface area (Å²) in [6, 6.07) is 0. The van der Waals surface area contributed by atoms with Crippen LogP contribution in [-0.4, -0.2) is 74.0 Å². The molecule has 5 nitrogen and oxygen atoms in total. The summed E-state index contributed by atoms with van der Waals surface area (Å²) >= 11 is 1.71. The summed E-state index contributed by atoms with van der Waals surface area (Å²) in [6.07, 6.45) is 1.62. The monoisotopic (exact) mass is 323 g/mol. The van der Waals surface area contributed by atoms with Crippen LogP contribution in [0.5, 0.6) is 0 Å². The second kappa shape index (κ2) is 6.96.